The van der Waals surface area contributed by atoms with Gasteiger partial charge in [0.25, 0.3) is 0 Å². The van der Waals surface area contributed by atoms with Gasteiger partial charge in [-0.15, -0.1) is 0 Å². The first-order valence-corrected chi connectivity index (χ1v) is 12.1. The van der Waals surface area contributed by atoms with E-state index in [4.69, 9.17) is 14.2 Å². The monoisotopic (exact) mass is 474 g/mol. The van der Waals surface area contributed by atoms with Crippen LogP contribution in [-0.2, 0) is 30.4 Å². The number of carbonyl (C=O) groups excluding carboxylic acids is 3. The number of hydrogen-bond donors (Lipinski definition) is 1. The summed E-state index contributed by atoms with van der Waals surface area (Å²) in [5, 5.41) is 2.70. The van der Waals surface area contributed by atoms with E-state index in [-0.39, 0.29) is 18.6 Å². The van der Waals surface area contributed by atoms with Gasteiger partial charge in [-0.2, -0.15) is 0 Å². The minimum atomic E-state index is -0.774. The zero-order valence-corrected chi connectivity index (χ0v) is 20.6. The van der Waals surface area contributed by atoms with Crippen LogP contribution in [-0.4, -0.2) is 61.3 Å². The molecule has 3 atom stereocenters. The minimum Gasteiger partial charge on any atom is -0.467 e. The molecule has 1 aromatic rings. The quantitative estimate of drug-likeness (QED) is 0.342. The highest BCUT2D eigenvalue weighted by Gasteiger charge is 2.43. The number of carbonyl (C=O) groups is 3. The van der Waals surface area contributed by atoms with Crippen LogP contribution in [0.2, 0.25) is 0 Å². The first kappa shape index (κ1) is 27.4. The smallest absolute Gasteiger partial charge is 0.407 e. The lowest BCUT2D eigenvalue weighted by molar-refractivity contribution is -0.151. The number of rotatable bonds is 13. The average Bonchev–Trinajstić information content (AvgIpc) is 3.29. The number of unbranched alkanes of at least 4 members (excludes halogenated alkanes) is 2. The molecule has 34 heavy (non-hydrogen) atoms. The maximum Gasteiger partial charge on any atom is 0.407 e. The van der Waals surface area contributed by atoms with Gasteiger partial charge >= 0.3 is 12.1 Å². The Hall–Kier alpha value is -2.87. The number of nitrogens with one attached hydrogen (secondary N) is 1. The molecule has 188 valence electrons. The van der Waals surface area contributed by atoms with Crippen molar-refractivity contribution in [1.29, 1.82) is 0 Å². The van der Waals surface area contributed by atoms with Gasteiger partial charge in [-0.1, -0.05) is 64.0 Å². The van der Waals surface area contributed by atoms with Gasteiger partial charge in [0.05, 0.1) is 26.4 Å². The molecule has 0 spiro atoms. The van der Waals surface area contributed by atoms with E-state index in [1.807, 2.05) is 38.1 Å². The molecule has 1 N–H and O–H groups in total. The molecule has 0 saturated carbocycles. The fourth-order valence-corrected chi connectivity index (χ4v) is 3.90. The maximum absolute atomic E-state index is 13.4. The number of methoxy groups -OCH3 is 1. The predicted octanol–water partition coefficient (Wildman–Crippen LogP) is 4.07. The Kier molecular flexibility index (Phi) is 11.6. The van der Waals surface area contributed by atoms with Gasteiger partial charge in [0, 0.05) is 13.0 Å². The molecule has 1 aliphatic rings. The largest absolute Gasteiger partial charge is 0.467 e. The maximum atomic E-state index is 13.4. The normalized spacial score (nSPS) is 18.3. The van der Waals surface area contributed by atoms with Crippen molar-refractivity contribution in [3.05, 3.63) is 42.0 Å². The van der Waals surface area contributed by atoms with Gasteiger partial charge in [0.2, 0.25) is 5.91 Å². The van der Waals surface area contributed by atoms with Crippen molar-refractivity contribution in [3.8, 4) is 0 Å². The van der Waals surface area contributed by atoms with Gasteiger partial charge in [0.1, 0.15) is 12.1 Å². The van der Waals surface area contributed by atoms with Crippen LogP contribution in [0.3, 0.4) is 0 Å². The van der Waals surface area contributed by atoms with Gasteiger partial charge in [0.15, 0.2) is 0 Å². The number of amides is 2. The van der Waals surface area contributed by atoms with Crippen molar-refractivity contribution < 1.29 is 28.6 Å². The molecule has 1 heterocycles. The van der Waals surface area contributed by atoms with Gasteiger partial charge in [-0.25, -0.2) is 9.59 Å². The van der Waals surface area contributed by atoms with E-state index in [0.29, 0.717) is 26.1 Å². The summed E-state index contributed by atoms with van der Waals surface area (Å²) in [5.74, 6) is -0.816. The molecule has 1 aliphatic heterocycles. The Morgan fingerprint density at radius 1 is 1.24 bits per heavy atom. The Labute approximate surface area is 202 Å². The Morgan fingerprint density at radius 2 is 2.00 bits per heavy atom. The van der Waals surface area contributed by atoms with Gasteiger partial charge < -0.3 is 24.4 Å². The molecule has 0 radical (unpaired) electrons. The van der Waals surface area contributed by atoms with Crippen LogP contribution >= 0.6 is 0 Å². The number of likely N-dealkylation sites (tertiary alicyclic amines) is 1. The number of esters is 1. The Morgan fingerprint density at radius 3 is 2.68 bits per heavy atom. The highest BCUT2D eigenvalue weighted by Crippen LogP contribution is 2.24. The summed E-state index contributed by atoms with van der Waals surface area (Å²) in [5.41, 5.74) is 1.97. The number of ether oxygens (including phenoxy) is 3. The molecule has 1 saturated heterocycles. The van der Waals surface area contributed by atoms with Crippen molar-refractivity contribution in [2.45, 2.75) is 77.2 Å². The summed E-state index contributed by atoms with van der Waals surface area (Å²) in [6, 6.07) is 6.29. The molecule has 8 nitrogen and oxygen atoms in total. The number of hydrogen-bond acceptors (Lipinski definition) is 6. The second kappa shape index (κ2) is 14.4. The molecule has 1 aromatic carbocycles. The summed E-state index contributed by atoms with van der Waals surface area (Å²) < 4.78 is 16.2. The van der Waals surface area contributed by atoms with E-state index in [0.717, 1.165) is 36.8 Å². The Bertz CT molecular complexity index is 827. The summed E-state index contributed by atoms with van der Waals surface area (Å²) in [6.07, 6.45) is 4.89. The highest BCUT2D eigenvalue weighted by atomic mass is 16.5. The van der Waals surface area contributed by atoms with E-state index < -0.39 is 24.1 Å². The summed E-state index contributed by atoms with van der Waals surface area (Å²) >= 11 is 0. The first-order valence-electron chi connectivity index (χ1n) is 12.1. The third-order valence-corrected chi connectivity index (χ3v) is 5.86. The minimum absolute atomic E-state index is 0.245. The van der Waals surface area contributed by atoms with E-state index in [1.54, 1.807) is 6.08 Å². The van der Waals surface area contributed by atoms with Crippen LogP contribution in [0.5, 0.6) is 0 Å². The molecule has 8 heteroatoms. The number of nitrogens with zero attached hydrogens (tertiary/aromatic N) is 1. The highest BCUT2D eigenvalue weighted by molar-refractivity contribution is 5.90. The van der Waals surface area contributed by atoms with E-state index in [9.17, 15) is 14.4 Å². The van der Waals surface area contributed by atoms with Crippen molar-refractivity contribution in [2.24, 2.45) is 0 Å². The summed E-state index contributed by atoms with van der Waals surface area (Å²) in [7, 11) is 1.30. The second-order valence-electron chi connectivity index (χ2n) is 8.48. The molecule has 2 amide bonds. The molecule has 0 bridgehead atoms. The summed E-state index contributed by atoms with van der Waals surface area (Å²) in [6.45, 7) is 8.69. The SMILES string of the molecule is C=Cc1cccc(CO[C@@H]2C[C@@H](C(=O)OC)N(C(=O)[C@H](CCCC)NC(=O)OCCCC)C2)c1. The lowest BCUT2D eigenvalue weighted by Crippen LogP contribution is -2.52. The van der Waals surface area contributed by atoms with Crippen LogP contribution in [0.25, 0.3) is 6.08 Å². The van der Waals surface area contributed by atoms with Crippen molar-refractivity contribution in [3.63, 3.8) is 0 Å². The van der Waals surface area contributed by atoms with E-state index >= 15 is 0 Å². The van der Waals surface area contributed by atoms with Crippen LogP contribution in [0, 0.1) is 0 Å². The van der Waals surface area contributed by atoms with E-state index in [2.05, 4.69) is 11.9 Å². The molecule has 0 aromatic heterocycles. The first-order chi connectivity index (χ1) is 16.4. The number of benzene rings is 1. The molecular formula is C26H38N2O6. The van der Waals surface area contributed by atoms with Crippen molar-refractivity contribution in [1.82, 2.24) is 10.2 Å². The van der Waals surface area contributed by atoms with Crippen LogP contribution < -0.4 is 5.32 Å². The van der Waals surface area contributed by atoms with Crippen molar-refractivity contribution >= 4 is 24.0 Å². The number of alkyl carbamates (subject to hydrolysis) is 1. The third kappa shape index (κ3) is 8.17. The van der Waals surface area contributed by atoms with Crippen LogP contribution in [0.1, 0.15) is 63.5 Å². The van der Waals surface area contributed by atoms with Gasteiger partial charge in [-0.3, -0.25) is 4.79 Å². The standard InChI is InChI=1S/C26H38N2O6/c1-5-8-13-22(27-26(31)33-14-9-6-2)24(29)28-17-21(16-23(28)25(30)32-4)34-18-20-12-10-11-19(7-3)15-20/h7,10-12,15,21-23H,3,5-6,8-9,13-14,16-18H2,1-2,4H3,(H,27,31)/t21-,22+,23+/m1/s1. The average molecular weight is 475 g/mol. The van der Waals surface area contributed by atoms with Crippen LogP contribution in [0.4, 0.5) is 4.79 Å². The fraction of sp³-hybridized carbons (Fsp3) is 0.577. The van der Waals surface area contributed by atoms with E-state index in [1.165, 1.54) is 12.0 Å². The lowest BCUT2D eigenvalue weighted by atomic mass is 10.1. The van der Waals surface area contributed by atoms with Gasteiger partial charge in [-0.05, 0) is 30.0 Å². The zero-order valence-electron chi connectivity index (χ0n) is 20.6. The molecule has 2 rings (SSSR count). The predicted molar refractivity (Wildman–Crippen MR) is 130 cm³/mol. The molecule has 1 fully saturated rings. The Balaban J connectivity index is 2.08. The topological polar surface area (TPSA) is 94.2 Å². The lowest BCUT2D eigenvalue weighted by Gasteiger charge is -2.27. The molecule has 0 unspecified atom stereocenters. The summed E-state index contributed by atoms with van der Waals surface area (Å²) in [4.78, 5) is 39.6. The fourth-order valence-electron chi connectivity index (χ4n) is 3.90. The molecular weight excluding hydrogens is 436 g/mol. The zero-order chi connectivity index (χ0) is 24.9. The second-order valence-corrected chi connectivity index (χ2v) is 8.48. The van der Waals surface area contributed by atoms with Crippen molar-refractivity contribution in [2.75, 3.05) is 20.3 Å². The third-order valence-electron chi connectivity index (χ3n) is 5.86. The molecule has 0 aliphatic carbocycles. The van der Waals surface area contributed by atoms with Crippen LogP contribution in [0.15, 0.2) is 30.8 Å².